The van der Waals surface area contributed by atoms with Crippen molar-refractivity contribution in [2.75, 3.05) is 27.7 Å². The zero-order chi connectivity index (χ0) is 15.1. The summed E-state index contributed by atoms with van der Waals surface area (Å²) in [7, 11) is 6.88. The zero-order valence-electron chi connectivity index (χ0n) is 15.6. The highest BCUT2D eigenvalue weighted by Gasteiger charge is 2.04. The van der Waals surface area contributed by atoms with Gasteiger partial charge in [-0.25, -0.2) is 0 Å². The molecule has 0 saturated carbocycles. The van der Waals surface area contributed by atoms with Gasteiger partial charge in [0.2, 0.25) is 0 Å². The van der Waals surface area contributed by atoms with E-state index in [1.54, 1.807) is 0 Å². The van der Waals surface area contributed by atoms with Gasteiger partial charge in [0, 0.05) is 0 Å². The molecule has 0 aromatic rings. The lowest BCUT2D eigenvalue weighted by Crippen LogP contribution is -2.35. The summed E-state index contributed by atoms with van der Waals surface area (Å²) in [5.74, 6) is 0. The Labute approximate surface area is 138 Å². The summed E-state index contributed by atoms with van der Waals surface area (Å²) < 4.78 is 1.12. The molecule has 1 nitrogen and oxygen atoms in total. The minimum atomic E-state index is 0. The molecule has 0 unspecified atom stereocenters. The highest BCUT2D eigenvalue weighted by molar-refractivity contribution is 5.75. The van der Waals surface area contributed by atoms with Crippen LogP contribution in [0.2, 0.25) is 0 Å². The number of nitrogens with zero attached hydrogens (tertiary/aromatic N) is 1. The maximum absolute atomic E-state index is 2.29. The molecule has 0 N–H and O–H groups in total. The quantitative estimate of drug-likeness (QED) is 0.204. The van der Waals surface area contributed by atoms with Crippen molar-refractivity contribution in [2.45, 2.75) is 96.8 Å². The van der Waals surface area contributed by atoms with Crippen LogP contribution in [0, 0.1) is 0 Å². The van der Waals surface area contributed by atoms with Crippen LogP contribution in [0.1, 0.15) is 96.8 Å². The van der Waals surface area contributed by atoms with Crippen molar-refractivity contribution in [1.29, 1.82) is 0 Å². The van der Waals surface area contributed by atoms with E-state index in [1.165, 1.54) is 96.4 Å². The second kappa shape index (κ2) is 16.4. The summed E-state index contributed by atoms with van der Waals surface area (Å²) in [5.41, 5.74) is 0. The molecule has 21 heavy (non-hydrogen) atoms. The molecule has 0 aromatic carbocycles. The minimum Gasteiger partial charge on any atom is -1.00 e. The lowest BCUT2D eigenvalue weighted by molar-refractivity contribution is -0.870. The smallest absolute Gasteiger partial charge is 0.0780 e. The topological polar surface area (TPSA) is 0 Å². The van der Waals surface area contributed by atoms with Crippen LogP contribution in [0.25, 0.3) is 0 Å². The monoisotopic (exact) mass is 295 g/mol. The second-order valence-electron chi connectivity index (χ2n) is 7.61. The predicted octanol–water partition coefficient (Wildman–Crippen LogP) is 5.79. The van der Waals surface area contributed by atoms with E-state index in [9.17, 15) is 0 Å². The standard InChI is InChI=1S/C19H42N.B/c1-5-6-7-8-9-10-11-12-13-14-15-16-17-18-19-20(2,3)4;/h5-19H2,1-4H3;/q+1;-1. The summed E-state index contributed by atoms with van der Waals surface area (Å²) >= 11 is 0. The van der Waals surface area contributed by atoms with Gasteiger partial charge >= 0.3 is 0 Å². The fourth-order valence-electron chi connectivity index (χ4n) is 2.78. The van der Waals surface area contributed by atoms with Gasteiger partial charge in [0.15, 0.2) is 0 Å². The molecular weight excluding hydrogens is 253 g/mol. The van der Waals surface area contributed by atoms with Gasteiger partial charge in [-0.1, -0.05) is 84.0 Å². The van der Waals surface area contributed by atoms with Crippen molar-refractivity contribution in [2.24, 2.45) is 0 Å². The Morgan fingerprint density at radius 1 is 0.476 bits per heavy atom. The van der Waals surface area contributed by atoms with Crippen molar-refractivity contribution in [3.63, 3.8) is 0 Å². The first-order chi connectivity index (χ1) is 9.56. The van der Waals surface area contributed by atoms with Crippen LogP contribution < -0.4 is 0 Å². The second-order valence-corrected chi connectivity index (χ2v) is 7.61. The summed E-state index contributed by atoms with van der Waals surface area (Å²) in [6.07, 6.45) is 20.4. The molecule has 0 aliphatic rings. The molecule has 4 radical (unpaired) electrons. The van der Waals surface area contributed by atoms with Crippen LogP contribution in [-0.4, -0.2) is 40.6 Å². The first-order valence-corrected chi connectivity index (χ1v) is 9.36. The molecule has 0 rings (SSSR count). The molecule has 0 bridgehead atoms. The van der Waals surface area contributed by atoms with E-state index in [1.807, 2.05) is 0 Å². The zero-order valence-corrected chi connectivity index (χ0v) is 15.6. The Hall–Kier alpha value is 0.0249. The largest absolute Gasteiger partial charge is 1.00 e. The van der Waals surface area contributed by atoms with E-state index >= 15 is 0 Å². The van der Waals surface area contributed by atoms with E-state index < -0.39 is 0 Å². The molecule has 0 saturated heterocycles. The van der Waals surface area contributed by atoms with E-state index in [0.29, 0.717) is 0 Å². The molecule has 0 fully saturated rings. The Bertz CT molecular complexity index is 186. The van der Waals surface area contributed by atoms with Crippen molar-refractivity contribution < 1.29 is 4.48 Å². The van der Waals surface area contributed by atoms with Crippen molar-refractivity contribution in [3.8, 4) is 0 Å². The lowest BCUT2D eigenvalue weighted by Gasteiger charge is -2.23. The molecular formula is C19H42BN. The van der Waals surface area contributed by atoms with Gasteiger partial charge in [-0.15, -0.1) is 0 Å². The molecule has 0 aliphatic heterocycles. The van der Waals surface area contributed by atoms with Crippen LogP contribution in [0.15, 0.2) is 0 Å². The van der Waals surface area contributed by atoms with Crippen LogP contribution in [0.3, 0.4) is 0 Å². The number of hydrogen-bond donors (Lipinski definition) is 0. The third-order valence-corrected chi connectivity index (χ3v) is 4.18. The third kappa shape index (κ3) is 22.4. The maximum Gasteiger partial charge on any atom is 0.0780 e. The summed E-state index contributed by atoms with van der Waals surface area (Å²) in [5, 5.41) is 0. The summed E-state index contributed by atoms with van der Waals surface area (Å²) in [6.45, 7) is 3.63. The van der Waals surface area contributed by atoms with E-state index in [-0.39, 0.29) is 8.41 Å². The minimum absolute atomic E-state index is 0. The molecule has 0 aromatic heterocycles. The number of unbranched alkanes of at least 4 members (excludes halogenated alkanes) is 13. The predicted molar refractivity (Wildman–Crippen MR) is 99.0 cm³/mol. The third-order valence-electron chi connectivity index (χ3n) is 4.18. The fraction of sp³-hybridized carbons (Fsp3) is 1.00. The molecule has 126 valence electrons. The maximum atomic E-state index is 2.29. The Balaban J connectivity index is 0. The van der Waals surface area contributed by atoms with Gasteiger partial charge in [0.05, 0.1) is 27.7 Å². The molecule has 0 atom stereocenters. The molecule has 0 heterocycles. The number of hydrogen-bond acceptors (Lipinski definition) is 0. The van der Waals surface area contributed by atoms with E-state index in [2.05, 4.69) is 28.1 Å². The Morgan fingerprint density at radius 2 is 0.762 bits per heavy atom. The molecule has 0 amide bonds. The highest BCUT2D eigenvalue weighted by atomic mass is 15.3. The Kier molecular flexibility index (Phi) is 18.2. The van der Waals surface area contributed by atoms with Gasteiger partial charge in [-0.3, -0.25) is 0 Å². The molecule has 0 aliphatic carbocycles. The van der Waals surface area contributed by atoms with Crippen molar-refractivity contribution in [3.05, 3.63) is 0 Å². The SMILES string of the molecule is CCCCCCCCCCCCCCCC[N+](C)(C)C.[B-]. The van der Waals surface area contributed by atoms with E-state index in [4.69, 9.17) is 0 Å². The first kappa shape index (κ1) is 23.3. The first-order valence-electron chi connectivity index (χ1n) is 9.36. The number of quaternary nitrogens is 1. The average Bonchev–Trinajstić information content (AvgIpc) is 2.38. The van der Waals surface area contributed by atoms with Gasteiger partial charge in [-0.05, 0) is 12.8 Å². The summed E-state index contributed by atoms with van der Waals surface area (Å²) in [4.78, 5) is 0. The fourth-order valence-corrected chi connectivity index (χ4v) is 2.78. The van der Waals surface area contributed by atoms with Crippen LogP contribution in [0.4, 0.5) is 0 Å². The molecule has 2 heteroatoms. The molecule has 0 spiro atoms. The van der Waals surface area contributed by atoms with Crippen LogP contribution >= 0.6 is 0 Å². The van der Waals surface area contributed by atoms with E-state index in [0.717, 1.165) is 4.48 Å². The van der Waals surface area contributed by atoms with Crippen LogP contribution in [0.5, 0.6) is 0 Å². The number of rotatable bonds is 15. The van der Waals surface area contributed by atoms with Crippen molar-refractivity contribution >= 4 is 8.41 Å². The van der Waals surface area contributed by atoms with Gasteiger partial charge < -0.3 is 12.9 Å². The van der Waals surface area contributed by atoms with Gasteiger partial charge in [0.25, 0.3) is 0 Å². The lowest BCUT2D eigenvalue weighted by atomic mass is 10.0. The average molecular weight is 295 g/mol. The van der Waals surface area contributed by atoms with Gasteiger partial charge in [-0.2, -0.15) is 0 Å². The summed E-state index contributed by atoms with van der Waals surface area (Å²) in [6, 6.07) is 0. The van der Waals surface area contributed by atoms with Gasteiger partial charge in [0.1, 0.15) is 0 Å². The highest BCUT2D eigenvalue weighted by Crippen LogP contribution is 2.13. The Morgan fingerprint density at radius 3 is 1.05 bits per heavy atom. The normalized spacial score (nSPS) is 11.4. The van der Waals surface area contributed by atoms with Crippen LogP contribution in [-0.2, 0) is 0 Å². The van der Waals surface area contributed by atoms with Crippen molar-refractivity contribution in [1.82, 2.24) is 0 Å².